The average Bonchev–Trinajstić information content (AvgIpc) is 2.46. The summed E-state index contributed by atoms with van der Waals surface area (Å²) in [5.74, 6) is 0.921. The highest BCUT2D eigenvalue weighted by Crippen LogP contribution is 2.14. The Morgan fingerprint density at radius 1 is 1.20 bits per heavy atom. The third-order valence-corrected chi connectivity index (χ3v) is 3.91. The molecular weight excluding hydrogens is 268 g/mol. The van der Waals surface area contributed by atoms with E-state index >= 15 is 0 Å². The molecule has 0 amide bonds. The Kier molecular flexibility index (Phi) is 5.87. The number of rotatable bonds is 7. The van der Waals surface area contributed by atoms with E-state index in [9.17, 15) is 4.79 Å². The van der Waals surface area contributed by atoms with E-state index in [1.807, 2.05) is 18.2 Å². The standard InChI is InChI=1S/C16H20N2OS/c1-2-3-9-14-12-15(19)18-16(17-14)20-11-10-13-7-5-4-6-8-13/h4-8,12H,2-3,9-11H2,1H3,(H,17,18,19). The van der Waals surface area contributed by atoms with Gasteiger partial charge in [0.05, 0.1) is 0 Å². The van der Waals surface area contributed by atoms with Gasteiger partial charge in [0.25, 0.3) is 5.56 Å². The summed E-state index contributed by atoms with van der Waals surface area (Å²) in [4.78, 5) is 18.9. The van der Waals surface area contributed by atoms with Gasteiger partial charge in [0.2, 0.25) is 0 Å². The molecule has 0 atom stereocenters. The van der Waals surface area contributed by atoms with Crippen LogP contribution in [0.1, 0.15) is 31.0 Å². The second-order valence-corrected chi connectivity index (χ2v) is 5.81. The normalized spacial score (nSPS) is 10.7. The summed E-state index contributed by atoms with van der Waals surface area (Å²) in [6.07, 6.45) is 4.05. The molecule has 1 N–H and O–H groups in total. The number of nitrogens with zero attached hydrogens (tertiary/aromatic N) is 1. The maximum atomic E-state index is 11.6. The van der Waals surface area contributed by atoms with Crippen LogP contribution in [-0.4, -0.2) is 15.7 Å². The highest BCUT2D eigenvalue weighted by atomic mass is 32.2. The minimum absolute atomic E-state index is 0.0479. The first-order chi connectivity index (χ1) is 9.78. The van der Waals surface area contributed by atoms with Crippen molar-refractivity contribution in [2.24, 2.45) is 0 Å². The number of hydrogen-bond acceptors (Lipinski definition) is 3. The van der Waals surface area contributed by atoms with Crippen LogP contribution < -0.4 is 5.56 Å². The minimum Gasteiger partial charge on any atom is -0.301 e. The van der Waals surface area contributed by atoms with Gasteiger partial charge in [0.15, 0.2) is 5.16 Å². The molecule has 0 unspecified atom stereocenters. The van der Waals surface area contributed by atoms with Crippen LogP contribution in [-0.2, 0) is 12.8 Å². The van der Waals surface area contributed by atoms with Crippen molar-refractivity contribution in [2.75, 3.05) is 5.75 Å². The molecule has 0 aliphatic heterocycles. The van der Waals surface area contributed by atoms with Crippen molar-refractivity contribution in [1.29, 1.82) is 0 Å². The maximum Gasteiger partial charge on any atom is 0.251 e. The molecule has 20 heavy (non-hydrogen) atoms. The molecule has 0 aliphatic rings. The molecule has 0 aliphatic carbocycles. The van der Waals surface area contributed by atoms with Crippen LogP contribution in [0.25, 0.3) is 0 Å². The molecule has 0 spiro atoms. The molecule has 2 rings (SSSR count). The Labute approximate surface area is 123 Å². The zero-order chi connectivity index (χ0) is 14.2. The van der Waals surface area contributed by atoms with Crippen molar-refractivity contribution in [1.82, 2.24) is 9.97 Å². The summed E-state index contributed by atoms with van der Waals surface area (Å²) in [7, 11) is 0. The maximum absolute atomic E-state index is 11.6. The zero-order valence-corrected chi connectivity index (χ0v) is 12.6. The van der Waals surface area contributed by atoms with Crippen LogP contribution in [0.2, 0.25) is 0 Å². The van der Waals surface area contributed by atoms with E-state index < -0.39 is 0 Å². The fourth-order valence-corrected chi connectivity index (χ4v) is 2.83. The Morgan fingerprint density at radius 3 is 2.75 bits per heavy atom. The van der Waals surface area contributed by atoms with Gasteiger partial charge in [-0.05, 0) is 24.8 Å². The predicted octanol–water partition coefficient (Wildman–Crippen LogP) is 3.45. The Hall–Kier alpha value is -1.55. The molecule has 0 bridgehead atoms. The van der Waals surface area contributed by atoms with Gasteiger partial charge < -0.3 is 4.98 Å². The van der Waals surface area contributed by atoms with Crippen LogP contribution in [0.5, 0.6) is 0 Å². The number of nitrogens with one attached hydrogen (secondary N) is 1. The smallest absolute Gasteiger partial charge is 0.251 e. The lowest BCUT2D eigenvalue weighted by Gasteiger charge is -2.04. The van der Waals surface area contributed by atoms with Crippen LogP contribution in [0.4, 0.5) is 0 Å². The number of aromatic amines is 1. The van der Waals surface area contributed by atoms with E-state index in [-0.39, 0.29) is 5.56 Å². The zero-order valence-electron chi connectivity index (χ0n) is 11.8. The van der Waals surface area contributed by atoms with E-state index in [1.165, 1.54) is 5.56 Å². The molecule has 3 nitrogen and oxygen atoms in total. The van der Waals surface area contributed by atoms with E-state index in [4.69, 9.17) is 0 Å². The van der Waals surface area contributed by atoms with Gasteiger partial charge in [0, 0.05) is 17.5 Å². The molecule has 1 aromatic heterocycles. The van der Waals surface area contributed by atoms with Gasteiger partial charge >= 0.3 is 0 Å². The Morgan fingerprint density at radius 2 is 2.00 bits per heavy atom. The third-order valence-electron chi connectivity index (χ3n) is 3.03. The molecule has 1 aromatic carbocycles. The number of aromatic nitrogens is 2. The summed E-state index contributed by atoms with van der Waals surface area (Å²) in [6, 6.07) is 12.0. The molecule has 2 aromatic rings. The number of unbranched alkanes of at least 4 members (excludes halogenated alkanes) is 1. The van der Waals surface area contributed by atoms with Gasteiger partial charge in [-0.1, -0.05) is 55.4 Å². The van der Waals surface area contributed by atoms with Gasteiger partial charge in [-0.3, -0.25) is 4.79 Å². The number of hydrogen-bond donors (Lipinski definition) is 1. The second kappa shape index (κ2) is 7.90. The summed E-state index contributed by atoms with van der Waals surface area (Å²) in [6.45, 7) is 2.14. The van der Waals surface area contributed by atoms with E-state index in [1.54, 1.807) is 17.8 Å². The molecule has 0 fully saturated rings. The van der Waals surface area contributed by atoms with Gasteiger partial charge in [-0.2, -0.15) is 0 Å². The predicted molar refractivity (Wildman–Crippen MR) is 84.3 cm³/mol. The quantitative estimate of drug-likeness (QED) is 0.627. The lowest BCUT2D eigenvalue weighted by molar-refractivity contribution is 0.751. The van der Waals surface area contributed by atoms with Crippen LogP contribution in [0, 0.1) is 0 Å². The fourth-order valence-electron chi connectivity index (χ4n) is 1.95. The molecule has 0 saturated carbocycles. The summed E-state index contributed by atoms with van der Waals surface area (Å²) in [5.41, 5.74) is 2.16. The Bertz CT molecular complexity index is 581. The van der Waals surface area contributed by atoms with Crippen molar-refractivity contribution in [3.05, 3.63) is 58.0 Å². The lowest BCUT2D eigenvalue weighted by Crippen LogP contribution is -2.10. The SMILES string of the molecule is CCCCc1cc(=O)[nH]c(SCCc2ccccc2)n1. The first-order valence-electron chi connectivity index (χ1n) is 7.05. The topological polar surface area (TPSA) is 45.8 Å². The molecule has 1 heterocycles. The average molecular weight is 288 g/mol. The van der Waals surface area contributed by atoms with Crippen molar-refractivity contribution in [3.63, 3.8) is 0 Å². The van der Waals surface area contributed by atoms with Gasteiger partial charge in [0.1, 0.15) is 0 Å². The highest BCUT2D eigenvalue weighted by molar-refractivity contribution is 7.99. The van der Waals surface area contributed by atoms with Crippen molar-refractivity contribution in [2.45, 2.75) is 37.8 Å². The van der Waals surface area contributed by atoms with Crippen LogP contribution in [0.15, 0.2) is 46.3 Å². The first-order valence-corrected chi connectivity index (χ1v) is 8.03. The van der Waals surface area contributed by atoms with Crippen molar-refractivity contribution < 1.29 is 0 Å². The molecular formula is C16H20N2OS. The minimum atomic E-state index is -0.0479. The summed E-state index contributed by atoms with van der Waals surface area (Å²) >= 11 is 1.61. The van der Waals surface area contributed by atoms with Gasteiger partial charge in [-0.15, -0.1) is 0 Å². The Balaban J connectivity index is 1.92. The molecule has 4 heteroatoms. The van der Waals surface area contributed by atoms with Crippen molar-refractivity contribution >= 4 is 11.8 Å². The fraction of sp³-hybridized carbons (Fsp3) is 0.375. The van der Waals surface area contributed by atoms with Crippen molar-refractivity contribution in [3.8, 4) is 0 Å². The molecule has 0 radical (unpaired) electrons. The first kappa shape index (κ1) is 14.9. The second-order valence-electron chi connectivity index (χ2n) is 4.73. The monoisotopic (exact) mass is 288 g/mol. The molecule has 106 valence electrons. The largest absolute Gasteiger partial charge is 0.301 e. The highest BCUT2D eigenvalue weighted by Gasteiger charge is 2.02. The summed E-state index contributed by atoms with van der Waals surface area (Å²) in [5, 5.41) is 0.736. The third kappa shape index (κ3) is 4.85. The number of benzene rings is 1. The van der Waals surface area contributed by atoms with Crippen LogP contribution in [0.3, 0.4) is 0 Å². The van der Waals surface area contributed by atoms with Crippen LogP contribution >= 0.6 is 11.8 Å². The lowest BCUT2D eigenvalue weighted by atomic mass is 10.2. The van der Waals surface area contributed by atoms with E-state index in [0.29, 0.717) is 0 Å². The number of aryl methyl sites for hydroxylation is 2. The summed E-state index contributed by atoms with van der Waals surface area (Å²) < 4.78 is 0. The van der Waals surface area contributed by atoms with E-state index in [2.05, 4.69) is 29.0 Å². The molecule has 0 saturated heterocycles. The number of thioether (sulfide) groups is 1. The number of H-pyrrole nitrogens is 1. The van der Waals surface area contributed by atoms with Gasteiger partial charge in [-0.25, -0.2) is 4.98 Å². The van der Waals surface area contributed by atoms with E-state index in [0.717, 1.165) is 42.3 Å².